The van der Waals surface area contributed by atoms with Crippen molar-refractivity contribution in [2.45, 2.75) is 31.8 Å². The number of hydrogen-bond acceptors (Lipinski definition) is 5. The van der Waals surface area contributed by atoms with Crippen LogP contribution in [0.15, 0.2) is 30.5 Å². The zero-order valence-corrected chi connectivity index (χ0v) is 16.5. The largest absolute Gasteiger partial charge is 0.361 e. The van der Waals surface area contributed by atoms with Crippen LogP contribution in [0, 0.1) is 0 Å². The number of hydrogen-bond donors (Lipinski definition) is 2. The van der Waals surface area contributed by atoms with E-state index in [9.17, 15) is 18.0 Å². The molecule has 2 fully saturated rings. The van der Waals surface area contributed by atoms with Gasteiger partial charge in [0.1, 0.15) is 0 Å². The molecule has 0 saturated carbocycles. The smallest absolute Gasteiger partial charge is 0.253 e. The molecular formula is C19H24N4O4S. The van der Waals surface area contributed by atoms with Crippen molar-refractivity contribution >= 4 is 32.7 Å². The third-order valence-corrected chi connectivity index (χ3v) is 7.22. The van der Waals surface area contributed by atoms with E-state index >= 15 is 0 Å². The van der Waals surface area contributed by atoms with Crippen molar-refractivity contribution in [2.24, 2.45) is 0 Å². The summed E-state index contributed by atoms with van der Waals surface area (Å²) in [6.07, 6.45) is 2.83. The van der Waals surface area contributed by atoms with Crippen molar-refractivity contribution < 1.29 is 18.0 Å². The molecule has 4 rings (SSSR count). The zero-order valence-electron chi connectivity index (χ0n) is 15.7. The van der Waals surface area contributed by atoms with Gasteiger partial charge in [0.05, 0.1) is 11.8 Å². The van der Waals surface area contributed by atoms with Crippen molar-refractivity contribution in [3.8, 4) is 0 Å². The summed E-state index contributed by atoms with van der Waals surface area (Å²) in [7, 11) is -3.56. The molecule has 0 unspecified atom stereocenters. The number of H-pyrrole nitrogens is 1. The molecule has 0 bridgehead atoms. The number of aromatic amines is 1. The monoisotopic (exact) mass is 404 g/mol. The first kappa shape index (κ1) is 18.9. The van der Waals surface area contributed by atoms with Gasteiger partial charge in [0.2, 0.25) is 10.0 Å². The Morgan fingerprint density at radius 2 is 2.14 bits per heavy atom. The Morgan fingerprint density at radius 1 is 1.32 bits per heavy atom. The van der Waals surface area contributed by atoms with Crippen LogP contribution in [0.2, 0.25) is 0 Å². The number of nitrogens with one attached hydrogen (secondary N) is 2. The quantitative estimate of drug-likeness (QED) is 0.789. The Labute approximate surface area is 163 Å². The van der Waals surface area contributed by atoms with Gasteiger partial charge in [-0.15, -0.1) is 0 Å². The highest BCUT2D eigenvalue weighted by atomic mass is 32.2. The molecule has 0 radical (unpaired) electrons. The van der Waals surface area contributed by atoms with E-state index in [0.717, 1.165) is 15.2 Å². The predicted octanol–water partition coefficient (Wildman–Crippen LogP) is 0.923. The minimum Gasteiger partial charge on any atom is -0.361 e. The highest BCUT2D eigenvalue weighted by Gasteiger charge is 2.44. The second-order valence-corrected chi connectivity index (χ2v) is 9.44. The van der Waals surface area contributed by atoms with Crippen LogP contribution >= 0.6 is 0 Å². The fourth-order valence-electron chi connectivity index (χ4n) is 4.07. The second-order valence-electron chi connectivity index (χ2n) is 7.42. The summed E-state index contributed by atoms with van der Waals surface area (Å²) in [6, 6.07) is 6.68. The maximum atomic E-state index is 12.8. The van der Waals surface area contributed by atoms with Gasteiger partial charge < -0.3 is 10.3 Å². The maximum Gasteiger partial charge on any atom is 0.253 e. The molecule has 2 aromatic rings. The molecule has 2 amide bonds. The zero-order chi connectivity index (χ0) is 19.9. The summed E-state index contributed by atoms with van der Waals surface area (Å²) >= 11 is 0. The van der Waals surface area contributed by atoms with E-state index in [1.165, 1.54) is 0 Å². The number of aromatic nitrogens is 1. The van der Waals surface area contributed by atoms with Gasteiger partial charge >= 0.3 is 0 Å². The molecule has 8 nitrogen and oxygen atoms in total. The fraction of sp³-hybridized carbons (Fsp3) is 0.474. The number of carbonyl (C=O) groups excluding carboxylic acids is 2. The number of carbonyl (C=O) groups is 2. The summed E-state index contributed by atoms with van der Waals surface area (Å²) in [5.41, 5.74) is 1.53. The molecule has 150 valence electrons. The molecule has 2 saturated heterocycles. The van der Waals surface area contributed by atoms with E-state index < -0.39 is 16.1 Å². The Hall–Kier alpha value is -2.39. The second kappa shape index (κ2) is 7.21. The van der Waals surface area contributed by atoms with Gasteiger partial charge in [-0.05, 0) is 37.1 Å². The summed E-state index contributed by atoms with van der Waals surface area (Å²) in [5, 5.41) is 3.97. The van der Waals surface area contributed by atoms with Crippen LogP contribution in [0.25, 0.3) is 10.9 Å². The van der Waals surface area contributed by atoms with E-state index in [1.807, 2.05) is 36.2 Å². The summed E-state index contributed by atoms with van der Waals surface area (Å²) in [6.45, 7) is 2.84. The number of nitrogens with zero attached hydrogens (tertiary/aromatic N) is 2. The van der Waals surface area contributed by atoms with Crippen LogP contribution in [0.3, 0.4) is 0 Å². The van der Waals surface area contributed by atoms with Crippen LogP contribution in [-0.2, 0) is 14.8 Å². The molecule has 3 heterocycles. The van der Waals surface area contributed by atoms with Crippen molar-refractivity contribution in [1.29, 1.82) is 0 Å². The summed E-state index contributed by atoms with van der Waals surface area (Å²) in [4.78, 5) is 30.5. The summed E-state index contributed by atoms with van der Waals surface area (Å²) in [5.74, 6) is -0.624. The number of rotatable bonds is 4. The third-order valence-electron chi connectivity index (χ3n) is 5.48. The minimum atomic E-state index is -3.56. The lowest BCUT2D eigenvalue weighted by molar-refractivity contribution is -0.130. The van der Waals surface area contributed by atoms with Crippen LogP contribution < -0.4 is 5.32 Å². The Bertz CT molecular complexity index is 1020. The van der Waals surface area contributed by atoms with Gasteiger partial charge in [-0.3, -0.25) is 14.5 Å². The Morgan fingerprint density at radius 3 is 2.93 bits per heavy atom. The molecule has 2 aliphatic rings. The summed E-state index contributed by atoms with van der Waals surface area (Å²) < 4.78 is 25.8. The topological polar surface area (TPSA) is 103 Å². The number of benzene rings is 1. The van der Waals surface area contributed by atoms with Crippen molar-refractivity contribution in [1.82, 2.24) is 19.5 Å². The molecule has 28 heavy (non-hydrogen) atoms. The van der Waals surface area contributed by atoms with Crippen LogP contribution in [0.4, 0.5) is 0 Å². The third kappa shape index (κ3) is 3.40. The van der Waals surface area contributed by atoms with E-state index in [-0.39, 0.29) is 30.2 Å². The molecule has 2 N–H and O–H groups in total. The van der Waals surface area contributed by atoms with E-state index in [1.54, 1.807) is 6.07 Å². The van der Waals surface area contributed by atoms with Gasteiger partial charge in [0.15, 0.2) is 0 Å². The molecular weight excluding hydrogens is 380 g/mol. The number of sulfonamides is 1. The lowest BCUT2D eigenvalue weighted by Gasteiger charge is -2.23. The highest BCUT2D eigenvalue weighted by Crippen LogP contribution is 2.25. The first-order valence-electron chi connectivity index (χ1n) is 9.55. The van der Waals surface area contributed by atoms with Gasteiger partial charge in [-0.1, -0.05) is 6.92 Å². The van der Waals surface area contributed by atoms with Gasteiger partial charge in [0.25, 0.3) is 11.8 Å². The van der Waals surface area contributed by atoms with Gasteiger partial charge in [0, 0.05) is 48.3 Å². The van der Waals surface area contributed by atoms with E-state index in [2.05, 4.69) is 10.3 Å². The fourth-order valence-corrected chi connectivity index (χ4v) is 5.62. The first-order valence-corrected chi connectivity index (χ1v) is 11.2. The molecule has 0 aliphatic carbocycles. The molecule has 0 spiro atoms. The number of amides is 2. The Balaban J connectivity index is 1.47. The average molecular weight is 404 g/mol. The SMILES string of the molecule is CCCN1C(=O)[C@@H]2C[C@H](NC(=O)c3ccc4[nH]ccc4c3)CN2CCS1(=O)=O. The van der Waals surface area contributed by atoms with Crippen LogP contribution in [-0.4, -0.2) is 71.9 Å². The Kier molecular flexibility index (Phi) is 4.88. The predicted molar refractivity (Wildman–Crippen MR) is 105 cm³/mol. The molecule has 2 aliphatic heterocycles. The molecule has 2 atom stereocenters. The highest BCUT2D eigenvalue weighted by molar-refractivity contribution is 7.89. The lowest BCUT2D eigenvalue weighted by Crippen LogP contribution is -2.44. The van der Waals surface area contributed by atoms with Crippen LogP contribution in [0.5, 0.6) is 0 Å². The van der Waals surface area contributed by atoms with E-state index in [0.29, 0.717) is 31.5 Å². The van der Waals surface area contributed by atoms with Gasteiger partial charge in [-0.25, -0.2) is 12.7 Å². The van der Waals surface area contributed by atoms with Crippen molar-refractivity contribution in [3.63, 3.8) is 0 Å². The van der Waals surface area contributed by atoms with E-state index in [4.69, 9.17) is 0 Å². The average Bonchev–Trinajstić information content (AvgIpc) is 3.27. The van der Waals surface area contributed by atoms with Gasteiger partial charge in [-0.2, -0.15) is 0 Å². The van der Waals surface area contributed by atoms with Crippen LogP contribution in [0.1, 0.15) is 30.1 Å². The minimum absolute atomic E-state index is 0.0694. The lowest BCUT2D eigenvalue weighted by atomic mass is 10.1. The first-order chi connectivity index (χ1) is 13.4. The molecule has 9 heteroatoms. The molecule has 1 aromatic heterocycles. The molecule has 1 aromatic carbocycles. The van der Waals surface area contributed by atoms with Crippen molar-refractivity contribution in [2.75, 3.05) is 25.4 Å². The van der Waals surface area contributed by atoms with Crippen molar-refractivity contribution in [3.05, 3.63) is 36.0 Å². The maximum absolute atomic E-state index is 12.8. The number of fused-ring (bicyclic) bond motifs is 2. The standard InChI is InChI=1S/C19H24N4O4S/c1-2-7-23-19(25)17-11-15(12-22(17)8-9-28(23,26)27)21-18(24)14-3-4-16-13(10-14)5-6-20-16/h3-6,10,15,17,20H,2,7-9,11-12H2,1H3,(H,21,24)/t15-,17-/m0/s1. The normalized spacial score (nSPS) is 24.9.